The maximum Gasteiger partial charge on any atom is 0.0965 e. The Bertz CT molecular complexity index is 251. The minimum atomic E-state index is -0.752. The molecule has 1 aromatic carbocycles. The van der Waals surface area contributed by atoms with Gasteiger partial charge in [-0.1, -0.05) is 37.3 Å². The van der Waals surface area contributed by atoms with Gasteiger partial charge >= 0.3 is 0 Å². The molecule has 0 aliphatic heterocycles. The second kappa shape index (κ2) is 5.75. The van der Waals surface area contributed by atoms with E-state index in [1.807, 2.05) is 37.3 Å². The molecule has 0 radical (unpaired) electrons. The first-order chi connectivity index (χ1) is 6.79. The Morgan fingerprint density at radius 3 is 2.43 bits per heavy atom. The van der Waals surface area contributed by atoms with Crippen LogP contribution in [0.25, 0.3) is 0 Å². The maximum absolute atomic E-state index is 9.59. The lowest BCUT2D eigenvalue weighted by molar-refractivity contribution is 0.0630. The van der Waals surface area contributed by atoms with E-state index in [9.17, 15) is 5.11 Å². The van der Waals surface area contributed by atoms with E-state index in [0.717, 1.165) is 12.1 Å². The van der Waals surface area contributed by atoms with Gasteiger partial charge in [-0.05, 0) is 12.1 Å². The number of nitrogens with one attached hydrogen (secondary N) is 1. The average molecular weight is 195 g/mol. The Labute approximate surface area is 84.4 Å². The summed E-state index contributed by atoms with van der Waals surface area (Å²) < 4.78 is 0. The molecule has 14 heavy (non-hydrogen) atoms. The zero-order chi connectivity index (χ0) is 10.4. The molecule has 0 saturated carbocycles. The highest BCUT2D eigenvalue weighted by Crippen LogP contribution is 2.16. The van der Waals surface area contributed by atoms with Gasteiger partial charge in [-0.25, -0.2) is 0 Å². The molecule has 0 aliphatic carbocycles. The van der Waals surface area contributed by atoms with Gasteiger partial charge in [0.15, 0.2) is 0 Å². The Balaban J connectivity index is 2.77. The van der Waals surface area contributed by atoms with E-state index in [0.29, 0.717) is 0 Å². The van der Waals surface area contributed by atoms with Crippen molar-refractivity contribution in [1.82, 2.24) is 5.32 Å². The summed E-state index contributed by atoms with van der Waals surface area (Å²) in [5, 5.41) is 21.6. The smallest absolute Gasteiger partial charge is 0.0965 e. The van der Waals surface area contributed by atoms with Crippen LogP contribution in [0, 0.1) is 0 Å². The first kappa shape index (κ1) is 11.2. The number of likely N-dealkylation sites (N-methyl/N-ethyl adjacent to an activating group) is 1. The highest BCUT2D eigenvalue weighted by molar-refractivity contribution is 5.20. The number of aliphatic hydroxyl groups excluding tert-OH is 2. The second-order valence-electron chi connectivity index (χ2n) is 3.20. The van der Waals surface area contributed by atoms with Crippen molar-refractivity contribution < 1.29 is 10.2 Å². The monoisotopic (exact) mass is 195 g/mol. The lowest BCUT2D eigenvalue weighted by Crippen LogP contribution is -2.34. The average Bonchev–Trinajstić information content (AvgIpc) is 2.26. The molecule has 0 aliphatic rings. The van der Waals surface area contributed by atoms with Crippen LogP contribution in [0.5, 0.6) is 0 Å². The molecule has 1 aromatic rings. The number of benzene rings is 1. The van der Waals surface area contributed by atoms with E-state index >= 15 is 0 Å². The molecule has 2 atom stereocenters. The van der Waals surface area contributed by atoms with Crippen molar-refractivity contribution in [3.63, 3.8) is 0 Å². The normalized spacial score (nSPS) is 15.1. The first-order valence-electron chi connectivity index (χ1n) is 4.86. The molecule has 0 saturated heterocycles. The molecular weight excluding hydrogens is 178 g/mol. The van der Waals surface area contributed by atoms with E-state index in [1.165, 1.54) is 0 Å². The van der Waals surface area contributed by atoms with Gasteiger partial charge in [-0.3, -0.25) is 0 Å². The molecule has 0 amide bonds. The molecular formula is C11H17NO2. The van der Waals surface area contributed by atoms with Gasteiger partial charge in [0.05, 0.1) is 18.8 Å². The van der Waals surface area contributed by atoms with Crippen LogP contribution in [0.1, 0.15) is 18.5 Å². The van der Waals surface area contributed by atoms with Gasteiger partial charge in [0.25, 0.3) is 0 Å². The molecule has 0 spiro atoms. The van der Waals surface area contributed by atoms with Gasteiger partial charge in [-0.15, -0.1) is 0 Å². The SMILES string of the molecule is CCN[C@H](c1ccccc1)[C@@H](O)CO. The van der Waals surface area contributed by atoms with Gasteiger partial charge in [0.2, 0.25) is 0 Å². The van der Waals surface area contributed by atoms with Crippen LogP contribution in [-0.2, 0) is 0 Å². The second-order valence-corrected chi connectivity index (χ2v) is 3.20. The van der Waals surface area contributed by atoms with Crippen LogP contribution >= 0.6 is 0 Å². The van der Waals surface area contributed by atoms with Crippen LogP contribution in [0.4, 0.5) is 0 Å². The van der Waals surface area contributed by atoms with Crippen molar-refractivity contribution in [3.05, 3.63) is 35.9 Å². The standard InChI is InChI=1S/C11H17NO2/c1-2-12-11(10(14)8-13)9-6-4-3-5-7-9/h3-7,10-14H,2,8H2,1H3/t10-,11+/m0/s1. The molecule has 3 heteroatoms. The fourth-order valence-electron chi connectivity index (χ4n) is 1.46. The maximum atomic E-state index is 9.59. The molecule has 0 aromatic heterocycles. The third-order valence-electron chi connectivity index (χ3n) is 2.15. The number of hydrogen-bond donors (Lipinski definition) is 3. The summed E-state index contributed by atoms with van der Waals surface area (Å²) in [7, 11) is 0. The van der Waals surface area contributed by atoms with Crippen LogP contribution in [-0.4, -0.2) is 29.5 Å². The van der Waals surface area contributed by atoms with E-state index in [-0.39, 0.29) is 12.6 Å². The van der Waals surface area contributed by atoms with Gasteiger partial charge in [-0.2, -0.15) is 0 Å². The van der Waals surface area contributed by atoms with E-state index in [2.05, 4.69) is 5.32 Å². The largest absolute Gasteiger partial charge is 0.394 e. The molecule has 3 nitrogen and oxygen atoms in total. The van der Waals surface area contributed by atoms with Crippen molar-refractivity contribution in [2.45, 2.75) is 19.1 Å². The summed E-state index contributed by atoms with van der Waals surface area (Å²) in [5.41, 5.74) is 0.996. The Morgan fingerprint density at radius 1 is 1.29 bits per heavy atom. The quantitative estimate of drug-likeness (QED) is 0.648. The van der Waals surface area contributed by atoms with Crippen LogP contribution < -0.4 is 5.32 Å². The summed E-state index contributed by atoms with van der Waals surface area (Å²) in [5.74, 6) is 0. The van der Waals surface area contributed by atoms with Crippen molar-refractivity contribution in [2.24, 2.45) is 0 Å². The van der Waals surface area contributed by atoms with E-state index in [1.54, 1.807) is 0 Å². The molecule has 78 valence electrons. The molecule has 3 N–H and O–H groups in total. The summed E-state index contributed by atoms with van der Waals surface area (Å²) in [6, 6.07) is 9.45. The van der Waals surface area contributed by atoms with Crippen molar-refractivity contribution in [3.8, 4) is 0 Å². The number of rotatable bonds is 5. The van der Waals surface area contributed by atoms with Crippen LogP contribution in [0.15, 0.2) is 30.3 Å². The number of hydrogen-bond acceptors (Lipinski definition) is 3. The summed E-state index contributed by atoms with van der Waals surface area (Å²) in [6.07, 6.45) is -0.752. The van der Waals surface area contributed by atoms with Gasteiger partial charge in [0.1, 0.15) is 0 Å². The molecule has 0 unspecified atom stereocenters. The topological polar surface area (TPSA) is 52.5 Å². The summed E-state index contributed by atoms with van der Waals surface area (Å²) >= 11 is 0. The van der Waals surface area contributed by atoms with Gasteiger partial charge in [0, 0.05) is 0 Å². The molecule has 0 heterocycles. The van der Waals surface area contributed by atoms with E-state index < -0.39 is 6.10 Å². The molecule has 1 rings (SSSR count). The summed E-state index contributed by atoms with van der Waals surface area (Å²) in [6.45, 7) is 2.50. The van der Waals surface area contributed by atoms with Crippen molar-refractivity contribution in [2.75, 3.05) is 13.2 Å². The first-order valence-corrected chi connectivity index (χ1v) is 4.86. The highest BCUT2D eigenvalue weighted by atomic mass is 16.3. The van der Waals surface area contributed by atoms with Gasteiger partial charge < -0.3 is 15.5 Å². The fraction of sp³-hybridized carbons (Fsp3) is 0.455. The Morgan fingerprint density at radius 2 is 1.93 bits per heavy atom. The highest BCUT2D eigenvalue weighted by Gasteiger charge is 2.18. The predicted molar refractivity (Wildman–Crippen MR) is 56.0 cm³/mol. The van der Waals surface area contributed by atoms with E-state index in [4.69, 9.17) is 5.11 Å². The molecule has 0 bridgehead atoms. The van der Waals surface area contributed by atoms with Crippen molar-refractivity contribution in [1.29, 1.82) is 0 Å². The lowest BCUT2D eigenvalue weighted by atomic mass is 10.0. The third-order valence-corrected chi connectivity index (χ3v) is 2.15. The van der Waals surface area contributed by atoms with Crippen molar-refractivity contribution >= 4 is 0 Å². The zero-order valence-corrected chi connectivity index (χ0v) is 8.35. The minimum absolute atomic E-state index is 0.189. The fourth-order valence-corrected chi connectivity index (χ4v) is 1.46. The third kappa shape index (κ3) is 2.80. The molecule has 0 fully saturated rings. The predicted octanol–water partition coefficient (Wildman–Crippen LogP) is 0.690. The van der Waals surface area contributed by atoms with Crippen LogP contribution in [0.2, 0.25) is 0 Å². The van der Waals surface area contributed by atoms with Crippen LogP contribution in [0.3, 0.4) is 0 Å². The minimum Gasteiger partial charge on any atom is -0.394 e. The summed E-state index contributed by atoms with van der Waals surface area (Å²) in [4.78, 5) is 0. The Kier molecular flexibility index (Phi) is 4.59. The number of aliphatic hydroxyl groups is 2. The Hall–Kier alpha value is -0.900. The lowest BCUT2D eigenvalue weighted by Gasteiger charge is -2.22. The zero-order valence-electron chi connectivity index (χ0n) is 8.35.